The van der Waals surface area contributed by atoms with Crippen LogP contribution >= 0.6 is 0 Å². The van der Waals surface area contributed by atoms with Gasteiger partial charge in [0.05, 0.1) is 18.2 Å². The highest BCUT2D eigenvalue weighted by molar-refractivity contribution is 6.04. The van der Waals surface area contributed by atoms with Crippen LogP contribution in [-0.4, -0.2) is 34.3 Å². The van der Waals surface area contributed by atoms with E-state index in [1.54, 1.807) is 29.2 Å². The highest BCUT2D eigenvalue weighted by Gasteiger charge is 2.47. The first kappa shape index (κ1) is 11.7. The molecule has 2 fully saturated rings. The van der Waals surface area contributed by atoms with Crippen LogP contribution in [-0.2, 0) is 11.3 Å². The molecule has 0 spiro atoms. The lowest BCUT2D eigenvalue weighted by Crippen LogP contribution is -2.32. The predicted molar refractivity (Wildman–Crippen MR) is 66.8 cm³/mol. The lowest BCUT2D eigenvalue weighted by atomic mass is 10.1. The fourth-order valence-electron chi connectivity index (χ4n) is 2.69. The zero-order valence-electron chi connectivity index (χ0n) is 10.4. The first-order valence-corrected chi connectivity index (χ1v) is 6.32. The Morgan fingerprint density at radius 3 is 2.63 bits per heavy atom. The van der Waals surface area contributed by atoms with Crippen LogP contribution in [0.2, 0.25) is 0 Å². The number of hydrogen-bond acceptors (Lipinski definition) is 3. The summed E-state index contributed by atoms with van der Waals surface area (Å²) in [5, 5.41) is 8.73. The Hall–Kier alpha value is -2.35. The first-order valence-electron chi connectivity index (χ1n) is 6.32. The summed E-state index contributed by atoms with van der Waals surface area (Å²) in [7, 11) is 0. The zero-order chi connectivity index (χ0) is 13.4. The summed E-state index contributed by atoms with van der Waals surface area (Å²) in [6.07, 6.45) is 1.68. The monoisotopic (exact) mass is 255 g/mol. The molecule has 2 aliphatic heterocycles. The molecular formula is C14H13N3O2. The summed E-state index contributed by atoms with van der Waals surface area (Å²) in [4.78, 5) is 27.2. The Morgan fingerprint density at radius 2 is 2.00 bits per heavy atom. The number of hydrogen-bond donors (Lipinski definition) is 0. The fourth-order valence-corrected chi connectivity index (χ4v) is 2.69. The van der Waals surface area contributed by atoms with E-state index in [0.29, 0.717) is 12.1 Å². The Labute approximate surface area is 111 Å². The van der Waals surface area contributed by atoms with E-state index in [1.807, 2.05) is 6.07 Å². The zero-order valence-corrected chi connectivity index (χ0v) is 10.4. The Kier molecular flexibility index (Phi) is 2.71. The molecule has 19 heavy (non-hydrogen) atoms. The van der Waals surface area contributed by atoms with Crippen molar-refractivity contribution in [3.8, 4) is 6.07 Å². The van der Waals surface area contributed by atoms with Crippen LogP contribution in [0.1, 0.15) is 24.0 Å². The van der Waals surface area contributed by atoms with Gasteiger partial charge in [-0.1, -0.05) is 12.1 Å². The molecule has 0 aromatic heterocycles. The molecular weight excluding hydrogens is 242 g/mol. The fraction of sp³-hybridized carbons (Fsp3) is 0.357. The van der Waals surface area contributed by atoms with Crippen LogP contribution in [0.25, 0.3) is 0 Å². The van der Waals surface area contributed by atoms with Crippen molar-refractivity contribution in [3.05, 3.63) is 35.4 Å². The molecule has 2 aliphatic rings. The van der Waals surface area contributed by atoms with Crippen LogP contribution in [0.15, 0.2) is 24.3 Å². The van der Waals surface area contributed by atoms with E-state index >= 15 is 0 Å². The van der Waals surface area contributed by atoms with Gasteiger partial charge in [-0.3, -0.25) is 9.69 Å². The molecule has 1 aromatic carbocycles. The molecule has 96 valence electrons. The van der Waals surface area contributed by atoms with E-state index in [4.69, 9.17) is 5.26 Å². The highest BCUT2D eigenvalue weighted by atomic mass is 16.2. The normalized spacial score (nSPS) is 21.7. The first-order chi connectivity index (χ1) is 9.20. The second-order valence-electron chi connectivity index (χ2n) is 4.87. The minimum absolute atomic E-state index is 0.0909. The van der Waals surface area contributed by atoms with Crippen LogP contribution in [0.5, 0.6) is 0 Å². The van der Waals surface area contributed by atoms with Gasteiger partial charge in [-0.25, -0.2) is 4.79 Å². The summed E-state index contributed by atoms with van der Waals surface area (Å²) in [6.45, 7) is 0.968. The van der Waals surface area contributed by atoms with Gasteiger partial charge in [-0.15, -0.1) is 0 Å². The summed E-state index contributed by atoms with van der Waals surface area (Å²) >= 11 is 0. The summed E-state index contributed by atoms with van der Waals surface area (Å²) < 4.78 is 0. The molecule has 0 bridgehead atoms. The second-order valence-corrected chi connectivity index (χ2v) is 4.87. The molecule has 5 heteroatoms. The van der Waals surface area contributed by atoms with Gasteiger partial charge in [0.1, 0.15) is 6.04 Å². The molecule has 0 radical (unpaired) electrons. The molecule has 0 N–H and O–H groups in total. The number of nitriles is 1. The maximum Gasteiger partial charge on any atom is 0.327 e. The van der Waals surface area contributed by atoms with Crippen molar-refractivity contribution in [3.63, 3.8) is 0 Å². The van der Waals surface area contributed by atoms with Gasteiger partial charge in [-0.2, -0.15) is 5.26 Å². The number of rotatable bonds is 2. The van der Waals surface area contributed by atoms with Gasteiger partial charge in [0.15, 0.2) is 0 Å². The molecule has 1 atom stereocenters. The van der Waals surface area contributed by atoms with E-state index in [0.717, 1.165) is 18.4 Å². The molecule has 3 amide bonds. The molecule has 0 aliphatic carbocycles. The van der Waals surface area contributed by atoms with Gasteiger partial charge in [-0.05, 0) is 30.5 Å². The van der Waals surface area contributed by atoms with Crippen molar-refractivity contribution in [1.29, 1.82) is 5.26 Å². The summed E-state index contributed by atoms with van der Waals surface area (Å²) in [5.41, 5.74) is 1.44. The summed E-state index contributed by atoms with van der Waals surface area (Å²) in [6, 6.07) is 8.57. The average Bonchev–Trinajstić information content (AvgIpc) is 3.00. The summed E-state index contributed by atoms with van der Waals surface area (Å²) in [5.74, 6) is -0.0909. The predicted octanol–water partition coefficient (Wildman–Crippen LogP) is 1.48. The van der Waals surface area contributed by atoms with Gasteiger partial charge in [0.2, 0.25) is 0 Å². The lowest BCUT2D eigenvalue weighted by Gasteiger charge is -2.15. The molecule has 0 saturated carbocycles. The maximum absolute atomic E-state index is 12.1. The maximum atomic E-state index is 12.1. The van der Waals surface area contributed by atoms with Gasteiger partial charge >= 0.3 is 6.03 Å². The van der Waals surface area contributed by atoms with Crippen molar-refractivity contribution in [2.75, 3.05) is 6.54 Å². The van der Waals surface area contributed by atoms with Gasteiger partial charge < -0.3 is 4.90 Å². The van der Waals surface area contributed by atoms with Crippen molar-refractivity contribution in [1.82, 2.24) is 9.80 Å². The Bertz CT molecular complexity index is 551. The number of fused-ring (bicyclic) bond motifs is 1. The Balaban J connectivity index is 1.78. The van der Waals surface area contributed by atoms with Crippen LogP contribution in [0.4, 0.5) is 4.79 Å². The minimum Gasteiger partial charge on any atom is -0.312 e. The van der Waals surface area contributed by atoms with Crippen LogP contribution in [0, 0.1) is 11.3 Å². The number of carbonyl (C=O) groups is 2. The highest BCUT2D eigenvalue weighted by Crippen LogP contribution is 2.28. The minimum atomic E-state index is -0.245. The number of amides is 3. The smallest absolute Gasteiger partial charge is 0.312 e. The van der Waals surface area contributed by atoms with E-state index in [2.05, 4.69) is 0 Å². The quantitative estimate of drug-likeness (QED) is 0.752. The molecule has 2 heterocycles. The Morgan fingerprint density at radius 1 is 1.26 bits per heavy atom. The number of nitrogens with zero attached hydrogens (tertiary/aromatic N) is 3. The standard InChI is InChI=1S/C14H13N3O2/c15-8-10-3-5-11(6-4-10)9-17-13(18)12-2-1-7-16(12)14(17)19/h3-6,12H,1-2,7,9H2. The molecule has 1 unspecified atom stereocenters. The van der Waals surface area contributed by atoms with Crippen molar-refractivity contribution >= 4 is 11.9 Å². The number of benzene rings is 1. The van der Waals surface area contributed by atoms with Gasteiger partial charge in [0, 0.05) is 6.54 Å². The second kappa shape index (κ2) is 4.39. The third-order valence-electron chi connectivity index (χ3n) is 3.70. The van der Waals surface area contributed by atoms with E-state index in [9.17, 15) is 9.59 Å². The van der Waals surface area contributed by atoms with Crippen LogP contribution in [0.3, 0.4) is 0 Å². The van der Waals surface area contributed by atoms with E-state index in [1.165, 1.54) is 4.90 Å². The topological polar surface area (TPSA) is 64.4 Å². The average molecular weight is 255 g/mol. The van der Waals surface area contributed by atoms with E-state index < -0.39 is 0 Å². The van der Waals surface area contributed by atoms with Gasteiger partial charge in [0.25, 0.3) is 5.91 Å². The largest absolute Gasteiger partial charge is 0.327 e. The number of imide groups is 1. The number of urea groups is 1. The van der Waals surface area contributed by atoms with E-state index in [-0.39, 0.29) is 24.5 Å². The third-order valence-corrected chi connectivity index (χ3v) is 3.70. The molecule has 2 saturated heterocycles. The molecule has 1 aromatic rings. The van der Waals surface area contributed by atoms with Crippen molar-refractivity contribution in [2.45, 2.75) is 25.4 Å². The van der Waals surface area contributed by atoms with Crippen LogP contribution < -0.4 is 0 Å². The molecule has 3 rings (SSSR count). The lowest BCUT2D eigenvalue weighted by molar-refractivity contribution is -0.128. The number of carbonyl (C=O) groups excluding carboxylic acids is 2. The van der Waals surface area contributed by atoms with Crippen molar-refractivity contribution in [2.24, 2.45) is 0 Å². The SMILES string of the molecule is N#Cc1ccc(CN2C(=O)C3CCCN3C2=O)cc1. The molecule has 5 nitrogen and oxygen atoms in total. The third kappa shape index (κ3) is 1.85. The van der Waals surface area contributed by atoms with Crippen molar-refractivity contribution < 1.29 is 9.59 Å².